The van der Waals surface area contributed by atoms with E-state index in [1.165, 1.54) is 17.2 Å². The van der Waals surface area contributed by atoms with E-state index in [1.807, 2.05) is 6.07 Å². The maximum Gasteiger partial charge on any atom is 0.254 e. The molecule has 7 heteroatoms. The maximum atomic E-state index is 12.4. The topological polar surface area (TPSA) is 59.4 Å². The maximum absolute atomic E-state index is 12.4. The quantitative estimate of drug-likeness (QED) is 0.585. The van der Waals surface area contributed by atoms with Gasteiger partial charge in [0.2, 0.25) is 0 Å². The number of nitrogens with one attached hydrogen (secondary N) is 1. The highest BCUT2D eigenvalue weighted by atomic mass is 35.5. The first-order chi connectivity index (χ1) is 15.2. The van der Waals surface area contributed by atoms with Gasteiger partial charge in [-0.3, -0.25) is 14.7 Å². The largest absolute Gasteiger partial charge is 0.487 e. The van der Waals surface area contributed by atoms with Crippen LogP contribution in [0.5, 0.6) is 5.75 Å². The van der Waals surface area contributed by atoms with Crippen LogP contribution in [0.1, 0.15) is 16.8 Å². The number of rotatable bonds is 8. The van der Waals surface area contributed by atoms with Gasteiger partial charge in [-0.1, -0.05) is 35.9 Å². The molecule has 1 aliphatic heterocycles. The molecule has 0 bridgehead atoms. The molecule has 0 saturated carbocycles. The van der Waals surface area contributed by atoms with Gasteiger partial charge in [-0.05, 0) is 35.7 Å². The molecule has 4 rings (SSSR count). The summed E-state index contributed by atoms with van der Waals surface area (Å²) in [6.07, 6.45) is 4.17. The monoisotopic (exact) mass is 438 g/mol. The van der Waals surface area contributed by atoms with Crippen LogP contribution in [0.15, 0.2) is 65.7 Å². The van der Waals surface area contributed by atoms with Gasteiger partial charge in [-0.2, -0.15) is 0 Å². The number of nitrogens with zero attached hydrogens (tertiary/aromatic N) is 3. The van der Waals surface area contributed by atoms with Gasteiger partial charge in [0.05, 0.1) is 10.7 Å². The van der Waals surface area contributed by atoms with Gasteiger partial charge < -0.3 is 14.6 Å². The van der Waals surface area contributed by atoms with Crippen molar-refractivity contribution in [3.63, 3.8) is 0 Å². The molecule has 0 spiro atoms. The number of halogens is 1. The van der Waals surface area contributed by atoms with E-state index in [-0.39, 0.29) is 5.56 Å². The van der Waals surface area contributed by atoms with E-state index >= 15 is 0 Å². The number of hydrogen-bond acceptors (Lipinski definition) is 5. The lowest BCUT2D eigenvalue weighted by molar-refractivity contribution is 0.233. The van der Waals surface area contributed by atoms with E-state index in [4.69, 9.17) is 16.3 Å². The zero-order valence-corrected chi connectivity index (χ0v) is 18.2. The second kappa shape index (κ2) is 10.6. The smallest absolute Gasteiger partial charge is 0.254 e. The summed E-state index contributed by atoms with van der Waals surface area (Å²) in [6, 6.07) is 15.6. The first-order valence-corrected chi connectivity index (χ1v) is 11.0. The number of aryl methyl sites for hydroxylation is 2. The molecule has 2 aromatic heterocycles. The molecule has 31 heavy (non-hydrogen) atoms. The Morgan fingerprint density at radius 2 is 1.81 bits per heavy atom. The van der Waals surface area contributed by atoms with Crippen LogP contribution in [0.25, 0.3) is 0 Å². The van der Waals surface area contributed by atoms with Crippen molar-refractivity contribution in [1.29, 1.82) is 0 Å². The van der Waals surface area contributed by atoms with Crippen molar-refractivity contribution in [1.82, 2.24) is 19.8 Å². The third-order valence-electron chi connectivity index (χ3n) is 5.42. The fourth-order valence-corrected chi connectivity index (χ4v) is 3.71. The van der Waals surface area contributed by atoms with Crippen LogP contribution in [0.4, 0.5) is 0 Å². The fourth-order valence-electron chi connectivity index (χ4n) is 3.60. The molecular formula is C24H27ClN4O2. The molecule has 0 aliphatic carbocycles. The molecule has 3 heterocycles. The van der Waals surface area contributed by atoms with Gasteiger partial charge in [-0.15, -0.1) is 0 Å². The molecular weight excluding hydrogens is 412 g/mol. The zero-order valence-electron chi connectivity index (χ0n) is 17.5. The number of pyridine rings is 2. The second-order valence-electron chi connectivity index (χ2n) is 7.74. The van der Waals surface area contributed by atoms with Gasteiger partial charge in [-0.25, -0.2) is 0 Å². The van der Waals surface area contributed by atoms with Crippen LogP contribution in [0.3, 0.4) is 0 Å². The minimum atomic E-state index is -0.0723. The number of aromatic nitrogens is 2. The van der Waals surface area contributed by atoms with Crippen LogP contribution in [0, 0.1) is 0 Å². The molecule has 0 unspecified atom stereocenters. The van der Waals surface area contributed by atoms with Crippen molar-refractivity contribution >= 4 is 11.6 Å². The van der Waals surface area contributed by atoms with Gasteiger partial charge >= 0.3 is 0 Å². The molecule has 3 aromatic rings. The first kappa shape index (κ1) is 21.6. The normalized spacial score (nSPS) is 14.5. The van der Waals surface area contributed by atoms with E-state index in [0.29, 0.717) is 23.9 Å². The summed E-state index contributed by atoms with van der Waals surface area (Å²) in [5, 5.41) is 3.97. The fraction of sp³-hybridized carbons (Fsp3) is 0.333. The van der Waals surface area contributed by atoms with Crippen LogP contribution in [-0.4, -0.2) is 40.6 Å². The molecule has 1 fully saturated rings. The Balaban J connectivity index is 1.28. The summed E-state index contributed by atoms with van der Waals surface area (Å²) in [5.74, 6) is 0.537. The van der Waals surface area contributed by atoms with Crippen molar-refractivity contribution in [3.8, 4) is 5.75 Å². The molecule has 1 aliphatic rings. The molecule has 1 N–H and O–H groups in total. The average Bonchev–Trinajstić information content (AvgIpc) is 2.80. The Labute approximate surface area is 187 Å². The van der Waals surface area contributed by atoms with Crippen molar-refractivity contribution in [2.75, 3.05) is 26.2 Å². The summed E-state index contributed by atoms with van der Waals surface area (Å²) < 4.78 is 7.39. The summed E-state index contributed by atoms with van der Waals surface area (Å²) in [4.78, 5) is 19.1. The molecule has 0 radical (unpaired) electrons. The lowest BCUT2D eigenvalue weighted by Gasteiger charge is -2.27. The second-order valence-corrected chi connectivity index (χ2v) is 8.18. The molecule has 162 valence electrons. The van der Waals surface area contributed by atoms with Crippen molar-refractivity contribution < 1.29 is 4.74 Å². The van der Waals surface area contributed by atoms with Crippen molar-refractivity contribution in [3.05, 3.63) is 93.1 Å². The predicted octanol–water partition coefficient (Wildman–Crippen LogP) is 3.12. The standard InChI is InChI=1S/C24H27ClN4O2/c25-21-5-6-22(27-16-21)18-31-23-8-12-29(24(30)15-23)11-7-19-1-3-20(4-2-19)17-28-13-9-26-10-14-28/h1-6,8,12,15-16,26H,7,9-11,13-14,17-18H2. The highest BCUT2D eigenvalue weighted by molar-refractivity contribution is 6.30. The van der Waals surface area contributed by atoms with Crippen LogP contribution < -0.4 is 15.6 Å². The van der Waals surface area contributed by atoms with Gasteiger partial charge in [0, 0.05) is 57.7 Å². The predicted molar refractivity (Wildman–Crippen MR) is 123 cm³/mol. The Morgan fingerprint density at radius 1 is 1.03 bits per heavy atom. The number of hydrogen-bond donors (Lipinski definition) is 1. The Kier molecular flexibility index (Phi) is 7.35. The number of ether oxygens (including phenoxy) is 1. The summed E-state index contributed by atoms with van der Waals surface area (Å²) in [6.45, 7) is 6.24. The Hall–Kier alpha value is -2.67. The van der Waals surface area contributed by atoms with Crippen LogP contribution in [0.2, 0.25) is 5.02 Å². The molecule has 6 nitrogen and oxygen atoms in total. The van der Waals surface area contributed by atoms with Crippen molar-refractivity contribution in [2.24, 2.45) is 0 Å². The number of piperazine rings is 1. The summed E-state index contributed by atoms with van der Waals surface area (Å²) in [7, 11) is 0. The summed E-state index contributed by atoms with van der Waals surface area (Å²) in [5.41, 5.74) is 3.25. The van der Waals surface area contributed by atoms with E-state index < -0.39 is 0 Å². The van der Waals surface area contributed by atoms with E-state index in [9.17, 15) is 4.79 Å². The van der Waals surface area contributed by atoms with Gasteiger partial charge in [0.1, 0.15) is 12.4 Å². The summed E-state index contributed by atoms with van der Waals surface area (Å²) >= 11 is 5.84. The number of benzene rings is 1. The molecule has 0 atom stereocenters. The SMILES string of the molecule is O=c1cc(OCc2ccc(Cl)cn2)ccn1CCc1ccc(CN2CCNCC2)cc1. The highest BCUT2D eigenvalue weighted by Gasteiger charge is 2.09. The molecule has 0 amide bonds. The Bertz CT molecular complexity index is 1030. The zero-order chi connectivity index (χ0) is 21.5. The third kappa shape index (κ3) is 6.40. The third-order valence-corrected chi connectivity index (χ3v) is 5.65. The van der Waals surface area contributed by atoms with E-state index in [0.717, 1.165) is 44.8 Å². The lowest BCUT2D eigenvalue weighted by atomic mass is 10.1. The highest BCUT2D eigenvalue weighted by Crippen LogP contribution is 2.12. The minimum absolute atomic E-state index is 0.0723. The van der Waals surface area contributed by atoms with Gasteiger partial charge in [0.25, 0.3) is 5.56 Å². The first-order valence-electron chi connectivity index (χ1n) is 10.6. The van der Waals surface area contributed by atoms with Crippen LogP contribution in [-0.2, 0) is 26.1 Å². The van der Waals surface area contributed by atoms with Gasteiger partial charge in [0.15, 0.2) is 0 Å². The van der Waals surface area contributed by atoms with Crippen LogP contribution >= 0.6 is 11.6 Å². The molecule has 1 aromatic carbocycles. The minimum Gasteiger partial charge on any atom is -0.487 e. The molecule has 1 saturated heterocycles. The van der Waals surface area contributed by atoms with E-state index in [2.05, 4.69) is 39.5 Å². The Morgan fingerprint density at radius 3 is 2.52 bits per heavy atom. The van der Waals surface area contributed by atoms with E-state index in [1.54, 1.807) is 29.1 Å². The average molecular weight is 439 g/mol. The van der Waals surface area contributed by atoms with Crippen molar-refractivity contribution in [2.45, 2.75) is 26.1 Å². The lowest BCUT2D eigenvalue weighted by Crippen LogP contribution is -2.42.